The average molecular weight is 400 g/mol. The second-order valence-corrected chi connectivity index (χ2v) is 8.19. The number of hydrogen-bond acceptors (Lipinski definition) is 4. The van der Waals surface area contributed by atoms with Crippen LogP contribution in [-0.4, -0.2) is 60.6 Å². The van der Waals surface area contributed by atoms with E-state index in [2.05, 4.69) is 22.0 Å². The van der Waals surface area contributed by atoms with Crippen LogP contribution >= 0.6 is 11.6 Å². The molecule has 2 aliphatic rings. The summed E-state index contributed by atoms with van der Waals surface area (Å²) in [6.07, 6.45) is 5.73. The van der Waals surface area contributed by atoms with E-state index in [9.17, 15) is 4.79 Å². The molecule has 0 radical (unpaired) electrons. The summed E-state index contributed by atoms with van der Waals surface area (Å²) in [5.74, 6) is 0.0384. The third-order valence-corrected chi connectivity index (χ3v) is 6.55. The van der Waals surface area contributed by atoms with E-state index in [4.69, 9.17) is 16.3 Å². The lowest BCUT2D eigenvalue weighted by atomic mass is 9.63. The quantitative estimate of drug-likeness (QED) is 0.769. The maximum atomic E-state index is 12.9. The molecule has 2 aliphatic heterocycles. The Morgan fingerprint density at radius 2 is 1.93 bits per heavy atom. The SMILES string of the molecule is COCCN1CC2(CCN(C(=O)c3ccccc3Cl)CC2)[C@H]1c1ccncc1. The van der Waals surface area contributed by atoms with Gasteiger partial charge in [-0.2, -0.15) is 0 Å². The zero-order valence-electron chi connectivity index (χ0n) is 16.2. The first-order valence-corrected chi connectivity index (χ1v) is 10.2. The Labute approximate surface area is 171 Å². The third-order valence-electron chi connectivity index (χ3n) is 6.22. The van der Waals surface area contributed by atoms with Crippen LogP contribution in [0, 0.1) is 5.41 Å². The average Bonchev–Trinajstić information content (AvgIpc) is 2.72. The van der Waals surface area contributed by atoms with E-state index < -0.39 is 0 Å². The van der Waals surface area contributed by atoms with Gasteiger partial charge in [0.15, 0.2) is 0 Å². The Morgan fingerprint density at radius 3 is 2.61 bits per heavy atom. The first-order valence-electron chi connectivity index (χ1n) is 9.81. The number of benzene rings is 1. The number of methoxy groups -OCH3 is 1. The molecule has 2 fully saturated rings. The Bertz CT molecular complexity index is 822. The molecule has 1 amide bonds. The molecular weight excluding hydrogens is 374 g/mol. The van der Waals surface area contributed by atoms with Crippen molar-refractivity contribution < 1.29 is 9.53 Å². The van der Waals surface area contributed by atoms with Crippen LogP contribution in [0.5, 0.6) is 0 Å². The summed E-state index contributed by atoms with van der Waals surface area (Å²) in [4.78, 5) is 21.5. The van der Waals surface area contributed by atoms with E-state index in [1.807, 2.05) is 35.5 Å². The van der Waals surface area contributed by atoms with Gasteiger partial charge >= 0.3 is 0 Å². The smallest absolute Gasteiger partial charge is 0.255 e. The summed E-state index contributed by atoms with van der Waals surface area (Å²) in [7, 11) is 1.75. The number of rotatable bonds is 5. The molecule has 148 valence electrons. The van der Waals surface area contributed by atoms with Crippen molar-refractivity contribution in [3.05, 3.63) is 64.9 Å². The minimum atomic E-state index is 0.0384. The molecule has 28 heavy (non-hydrogen) atoms. The van der Waals surface area contributed by atoms with Crippen molar-refractivity contribution in [2.24, 2.45) is 5.41 Å². The van der Waals surface area contributed by atoms with Crippen LogP contribution in [0.3, 0.4) is 0 Å². The van der Waals surface area contributed by atoms with Crippen LogP contribution in [0.15, 0.2) is 48.8 Å². The molecule has 5 nitrogen and oxygen atoms in total. The highest BCUT2D eigenvalue weighted by atomic mass is 35.5. The molecule has 2 saturated heterocycles. The summed E-state index contributed by atoms with van der Waals surface area (Å²) in [6.45, 7) is 4.24. The molecule has 0 bridgehead atoms. The first-order chi connectivity index (χ1) is 13.6. The van der Waals surface area contributed by atoms with Crippen molar-refractivity contribution in [2.75, 3.05) is 39.9 Å². The van der Waals surface area contributed by atoms with Gasteiger partial charge in [-0.1, -0.05) is 23.7 Å². The molecule has 3 heterocycles. The highest BCUT2D eigenvalue weighted by molar-refractivity contribution is 6.33. The third kappa shape index (κ3) is 3.54. The molecule has 4 rings (SSSR count). The van der Waals surface area contributed by atoms with E-state index in [1.165, 1.54) is 5.56 Å². The van der Waals surface area contributed by atoms with Gasteiger partial charge in [0.2, 0.25) is 0 Å². The maximum absolute atomic E-state index is 12.9. The van der Waals surface area contributed by atoms with Crippen LogP contribution in [0.4, 0.5) is 0 Å². The lowest BCUT2D eigenvalue weighted by Gasteiger charge is -2.60. The number of amides is 1. The Balaban J connectivity index is 1.48. The lowest BCUT2D eigenvalue weighted by Crippen LogP contribution is -2.63. The predicted octanol–water partition coefficient (Wildman–Crippen LogP) is 3.66. The van der Waals surface area contributed by atoms with Gasteiger partial charge in [-0.3, -0.25) is 14.7 Å². The standard InChI is InChI=1S/C22H26ClN3O2/c1-28-15-14-26-16-22(20(26)17-6-10-24-11-7-17)8-12-25(13-9-22)21(27)18-4-2-3-5-19(18)23/h2-7,10-11,20H,8-9,12-16H2,1H3/t20-/m1/s1. The second kappa shape index (κ2) is 8.19. The van der Waals surface area contributed by atoms with Gasteiger partial charge in [-0.15, -0.1) is 0 Å². The Kier molecular flexibility index (Phi) is 5.67. The molecule has 1 aromatic carbocycles. The molecule has 1 aromatic heterocycles. The zero-order chi connectivity index (χ0) is 19.6. The van der Waals surface area contributed by atoms with Crippen molar-refractivity contribution in [2.45, 2.75) is 18.9 Å². The zero-order valence-corrected chi connectivity index (χ0v) is 16.9. The number of piperidine rings is 1. The normalized spacial score (nSPS) is 21.5. The number of pyridine rings is 1. The summed E-state index contributed by atoms with van der Waals surface area (Å²) in [6, 6.07) is 11.9. The van der Waals surface area contributed by atoms with Gasteiger partial charge in [-0.05, 0) is 42.7 Å². The van der Waals surface area contributed by atoms with Gasteiger partial charge in [0.1, 0.15) is 0 Å². The van der Waals surface area contributed by atoms with Crippen LogP contribution in [0.25, 0.3) is 0 Å². The monoisotopic (exact) mass is 399 g/mol. The highest BCUT2D eigenvalue weighted by Gasteiger charge is 2.53. The van der Waals surface area contributed by atoms with E-state index in [1.54, 1.807) is 13.2 Å². The number of carbonyl (C=O) groups excluding carboxylic acids is 1. The van der Waals surface area contributed by atoms with Crippen LogP contribution in [-0.2, 0) is 4.74 Å². The van der Waals surface area contributed by atoms with Crippen LogP contribution < -0.4 is 0 Å². The van der Waals surface area contributed by atoms with E-state index >= 15 is 0 Å². The van der Waals surface area contributed by atoms with Crippen LogP contribution in [0.1, 0.15) is 34.8 Å². The molecular formula is C22H26ClN3O2. The first kappa shape index (κ1) is 19.4. The number of nitrogens with zero attached hydrogens (tertiary/aromatic N) is 3. The Hall–Kier alpha value is -1.95. The van der Waals surface area contributed by atoms with E-state index in [0.717, 1.165) is 45.6 Å². The molecule has 0 N–H and O–H groups in total. The maximum Gasteiger partial charge on any atom is 0.255 e. The van der Waals surface area contributed by atoms with Gasteiger partial charge in [0, 0.05) is 57.1 Å². The van der Waals surface area contributed by atoms with Crippen molar-refractivity contribution in [1.29, 1.82) is 0 Å². The van der Waals surface area contributed by atoms with E-state index in [0.29, 0.717) is 16.6 Å². The predicted molar refractivity (Wildman–Crippen MR) is 109 cm³/mol. The van der Waals surface area contributed by atoms with Crippen molar-refractivity contribution >= 4 is 17.5 Å². The number of aromatic nitrogens is 1. The Morgan fingerprint density at radius 1 is 1.21 bits per heavy atom. The molecule has 1 spiro atoms. The minimum Gasteiger partial charge on any atom is -0.383 e. The number of carbonyl (C=O) groups is 1. The van der Waals surface area contributed by atoms with Gasteiger partial charge in [0.25, 0.3) is 5.91 Å². The largest absolute Gasteiger partial charge is 0.383 e. The number of likely N-dealkylation sites (tertiary alicyclic amines) is 2. The number of ether oxygens (including phenoxy) is 1. The van der Waals surface area contributed by atoms with Crippen molar-refractivity contribution in [3.8, 4) is 0 Å². The number of hydrogen-bond donors (Lipinski definition) is 0. The highest BCUT2D eigenvalue weighted by Crippen LogP contribution is 2.54. The topological polar surface area (TPSA) is 45.7 Å². The fourth-order valence-electron chi connectivity index (χ4n) is 4.78. The van der Waals surface area contributed by atoms with Crippen molar-refractivity contribution in [1.82, 2.24) is 14.8 Å². The molecule has 0 unspecified atom stereocenters. The van der Waals surface area contributed by atoms with E-state index in [-0.39, 0.29) is 11.3 Å². The second-order valence-electron chi connectivity index (χ2n) is 7.78. The fourth-order valence-corrected chi connectivity index (χ4v) is 4.99. The molecule has 0 saturated carbocycles. The fraction of sp³-hybridized carbons (Fsp3) is 0.455. The van der Waals surface area contributed by atoms with Gasteiger partial charge < -0.3 is 9.64 Å². The molecule has 0 aliphatic carbocycles. The van der Waals surface area contributed by atoms with Gasteiger partial charge in [0.05, 0.1) is 17.2 Å². The number of halogens is 1. The molecule has 1 atom stereocenters. The molecule has 2 aromatic rings. The van der Waals surface area contributed by atoms with Crippen LogP contribution in [0.2, 0.25) is 5.02 Å². The van der Waals surface area contributed by atoms with Crippen molar-refractivity contribution in [3.63, 3.8) is 0 Å². The van der Waals surface area contributed by atoms with Gasteiger partial charge in [-0.25, -0.2) is 0 Å². The summed E-state index contributed by atoms with van der Waals surface area (Å²) >= 11 is 6.23. The lowest BCUT2D eigenvalue weighted by molar-refractivity contribution is -0.114. The summed E-state index contributed by atoms with van der Waals surface area (Å²) in [5.41, 5.74) is 2.12. The summed E-state index contributed by atoms with van der Waals surface area (Å²) < 4.78 is 5.30. The minimum absolute atomic E-state index is 0.0384. The molecule has 6 heteroatoms. The summed E-state index contributed by atoms with van der Waals surface area (Å²) in [5, 5.41) is 0.525.